The average Bonchev–Trinajstić information content (AvgIpc) is 2.64. The molecule has 0 spiro atoms. The summed E-state index contributed by atoms with van der Waals surface area (Å²) in [6, 6.07) is 11.1. The van der Waals surface area contributed by atoms with Crippen LogP contribution in [-0.2, 0) is 10.0 Å². The molecule has 1 N–H and O–H groups in total. The highest BCUT2D eigenvalue weighted by molar-refractivity contribution is 7.89. The molecule has 0 saturated carbocycles. The predicted molar refractivity (Wildman–Crippen MR) is 107 cm³/mol. The first-order valence-corrected chi connectivity index (χ1v) is 10.5. The third-order valence-corrected chi connectivity index (χ3v) is 6.34. The molecule has 2 aromatic carbocycles. The first-order valence-electron chi connectivity index (χ1n) is 8.68. The van der Waals surface area contributed by atoms with Gasteiger partial charge in [0.25, 0.3) is 5.91 Å². The Morgan fingerprint density at radius 2 is 1.78 bits per heavy atom. The Labute approximate surface area is 165 Å². The average molecular weight is 411 g/mol. The number of benzene rings is 2. The van der Waals surface area contributed by atoms with E-state index < -0.39 is 15.9 Å². The lowest BCUT2D eigenvalue weighted by atomic mass is 10.2. The Hall–Kier alpha value is -2.09. The van der Waals surface area contributed by atoms with Crippen molar-refractivity contribution in [2.45, 2.75) is 25.7 Å². The van der Waals surface area contributed by atoms with E-state index in [1.54, 1.807) is 51.1 Å². The summed E-state index contributed by atoms with van der Waals surface area (Å²) >= 11 is 6.07. The Balaban J connectivity index is 2.44. The largest absolute Gasteiger partial charge is 0.492 e. The Kier molecular flexibility index (Phi) is 7.24. The maximum atomic E-state index is 12.8. The lowest BCUT2D eigenvalue weighted by Gasteiger charge is -2.20. The zero-order chi connectivity index (χ0) is 20.0. The highest BCUT2D eigenvalue weighted by Gasteiger charge is 2.23. The molecule has 0 heterocycles. The Bertz CT molecular complexity index is 912. The van der Waals surface area contributed by atoms with E-state index >= 15 is 0 Å². The van der Waals surface area contributed by atoms with Gasteiger partial charge in [-0.3, -0.25) is 4.79 Å². The molecule has 0 aliphatic rings. The van der Waals surface area contributed by atoms with Crippen LogP contribution in [0.25, 0.3) is 0 Å². The first kappa shape index (κ1) is 21.2. The van der Waals surface area contributed by atoms with Crippen LogP contribution in [0.15, 0.2) is 47.4 Å². The summed E-state index contributed by atoms with van der Waals surface area (Å²) in [6.45, 7) is 6.43. The molecule has 6 nitrogen and oxygen atoms in total. The quantitative estimate of drug-likeness (QED) is 0.713. The zero-order valence-corrected chi connectivity index (χ0v) is 17.1. The SMILES string of the molecule is CCOc1ccc(S(=O)(=O)N(CC)CC)cc1NC(=O)c1ccccc1Cl. The molecule has 0 aliphatic heterocycles. The number of carbonyl (C=O) groups is 1. The summed E-state index contributed by atoms with van der Waals surface area (Å²) in [7, 11) is -3.66. The van der Waals surface area contributed by atoms with Crippen molar-refractivity contribution < 1.29 is 17.9 Å². The van der Waals surface area contributed by atoms with Crippen molar-refractivity contribution in [2.24, 2.45) is 0 Å². The van der Waals surface area contributed by atoms with Crippen LogP contribution in [0.4, 0.5) is 5.69 Å². The van der Waals surface area contributed by atoms with Crippen LogP contribution in [0.3, 0.4) is 0 Å². The van der Waals surface area contributed by atoms with E-state index in [0.29, 0.717) is 36.0 Å². The van der Waals surface area contributed by atoms with Gasteiger partial charge >= 0.3 is 0 Å². The lowest BCUT2D eigenvalue weighted by molar-refractivity contribution is 0.102. The standard InChI is InChI=1S/C19H23ClN2O4S/c1-4-22(5-2)27(24,25)14-11-12-18(26-6-3)17(13-14)21-19(23)15-9-7-8-10-16(15)20/h7-13H,4-6H2,1-3H3,(H,21,23). The number of nitrogens with one attached hydrogen (secondary N) is 1. The summed E-state index contributed by atoms with van der Waals surface area (Å²) in [6.07, 6.45) is 0. The summed E-state index contributed by atoms with van der Waals surface area (Å²) in [5.74, 6) is -0.0599. The summed E-state index contributed by atoms with van der Waals surface area (Å²) < 4.78 is 32.4. The molecule has 0 radical (unpaired) electrons. The number of nitrogens with zero attached hydrogens (tertiary/aromatic N) is 1. The van der Waals surface area contributed by atoms with E-state index in [0.717, 1.165) is 0 Å². The van der Waals surface area contributed by atoms with E-state index in [1.165, 1.54) is 16.4 Å². The van der Waals surface area contributed by atoms with Gasteiger partial charge in [-0.1, -0.05) is 37.6 Å². The first-order chi connectivity index (χ1) is 12.8. The number of ether oxygens (including phenoxy) is 1. The van der Waals surface area contributed by atoms with Gasteiger partial charge in [-0.2, -0.15) is 4.31 Å². The van der Waals surface area contributed by atoms with Gasteiger partial charge in [0.15, 0.2) is 0 Å². The maximum Gasteiger partial charge on any atom is 0.257 e. The van der Waals surface area contributed by atoms with E-state index in [9.17, 15) is 13.2 Å². The van der Waals surface area contributed by atoms with Crippen molar-refractivity contribution in [1.82, 2.24) is 4.31 Å². The topological polar surface area (TPSA) is 75.7 Å². The Morgan fingerprint density at radius 1 is 1.11 bits per heavy atom. The van der Waals surface area contributed by atoms with Gasteiger partial charge in [-0.25, -0.2) is 8.42 Å². The highest BCUT2D eigenvalue weighted by atomic mass is 35.5. The van der Waals surface area contributed by atoms with Crippen molar-refractivity contribution in [3.05, 3.63) is 53.1 Å². The molecule has 1 amide bonds. The van der Waals surface area contributed by atoms with Gasteiger partial charge in [-0.15, -0.1) is 0 Å². The predicted octanol–water partition coefficient (Wildman–Crippen LogP) is 4.02. The smallest absolute Gasteiger partial charge is 0.257 e. The number of carbonyl (C=O) groups excluding carboxylic acids is 1. The van der Waals surface area contributed by atoms with Crippen LogP contribution in [0.5, 0.6) is 5.75 Å². The van der Waals surface area contributed by atoms with Gasteiger partial charge in [0, 0.05) is 13.1 Å². The van der Waals surface area contributed by atoms with Gasteiger partial charge < -0.3 is 10.1 Å². The molecule has 146 valence electrons. The molecule has 0 aromatic heterocycles. The molecule has 27 heavy (non-hydrogen) atoms. The van der Waals surface area contributed by atoms with Crippen molar-refractivity contribution in [1.29, 1.82) is 0 Å². The third kappa shape index (κ3) is 4.80. The molecule has 8 heteroatoms. The van der Waals surface area contributed by atoms with Crippen LogP contribution in [-0.4, -0.2) is 38.3 Å². The van der Waals surface area contributed by atoms with E-state index in [-0.39, 0.29) is 10.6 Å². The van der Waals surface area contributed by atoms with E-state index in [1.807, 2.05) is 0 Å². The fourth-order valence-corrected chi connectivity index (χ4v) is 4.30. The second kappa shape index (κ2) is 9.21. The zero-order valence-electron chi connectivity index (χ0n) is 15.5. The molecule has 0 bridgehead atoms. The fraction of sp³-hybridized carbons (Fsp3) is 0.316. The van der Waals surface area contributed by atoms with Crippen LogP contribution in [0.2, 0.25) is 5.02 Å². The van der Waals surface area contributed by atoms with Crippen LogP contribution < -0.4 is 10.1 Å². The summed E-state index contributed by atoms with van der Waals surface area (Å²) in [5.41, 5.74) is 0.564. The normalized spacial score (nSPS) is 11.4. The molecule has 0 atom stereocenters. The number of rotatable bonds is 8. The van der Waals surface area contributed by atoms with Crippen molar-refractivity contribution in [3.63, 3.8) is 0 Å². The third-order valence-electron chi connectivity index (χ3n) is 3.96. The summed E-state index contributed by atoms with van der Waals surface area (Å²) in [5, 5.41) is 3.01. The van der Waals surface area contributed by atoms with Crippen molar-refractivity contribution in [3.8, 4) is 5.75 Å². The Morgan fingerprint density at radius 3 is 2.37 bits per heavy atom. The second-order valence-electron chi connectivity index (χ2n) is 5.61. The number of hydrogen-bond acceptors (Lipinski definition) is 4. The number of anilines is 1. The van der Waals surface area contributed by atoms with Crippen LogP contribution in [0.1, 0.15) is 31.1 Å². The molecule has 0 aliphatic carbocycles. The lowest BCUT2D eigenvalue weighted by Crippen LogP contribution is -2.30. The number of amides is 1. The number of hydrogen-bond donors (Lipinski definition) is 1. The molecule has 2 aromatic rings. The fourth-order valence-electron chi connectivity index (χ4n) is 2.60. The van der Waals surface area contributed by atoms with Crippen LogP contribution >= 0.6 is 11.6 Å². The minimum absolute atomic E-state index is 0.0871. The molecule has 0 unspecified atom stereocenters. The molecule has 0 saturated heterocycles. The van der Waals surface area contributed by atoms with Gasteiger partial charge in [-0.05, 0) is 37.3 Å². The molecular formula is C19H23ClN2O4S. The van der Waals surface area contributed by atoms with E-state index in [2.05, 4.69) is 5.32 Å². The van der Waals surface area contributed by atoms with Crippen molar-refractivity contribution >= 4 is 33.2 Å². The second-order valence-corrected chi connectivity index (χ2v) is 7.96. The minimum atomic E-state index is -3.66. The van der Waals surface area contributed by atoms with E-state index in [4.69, 9.17) is 16.3 Å². The highest BCUT2D eigenvalue weighted by Crippen LogP contribution is 2.30. The number of sulfonamides is 1. The molecule has 2 rings (SSSR count). The van der Waals surface area contributed by atoms with Gasteiger partial charge in [0.05, 0.1) is 27.8 Å². The minimum Gasteiger partial charge on any atom is -0.492 e. The molecular weight excluding hydrogens is 388 g/mol. The monoisotopic (exact) mass is 410 g/mol. The molecule has 0 fully saturated rings. The van der Waals surface area contributed by atoms with Crippen molar-refractivity contribution in [2.75, 3.05) is 25.0 Å². The number of halogens is 1. The maximum absolute atomic E-state index is 12.8. The van der Waals surface area contributed by atoms with Crippen LogP contribution in [0, 0.1) is 0 Å². The van der Waals surface area contributed by atoms with Gasteiger partial charge in [0.1, 0.15) is 5.75 Å². The van der Waals surface area contributed by atoms with Gasteiger partial charge in [0.2, 0.25) is 10.0 Å². The summed E-state index contributed by atoms with van der Waals surface area (Å²) in [4.78, 5) is 12.7.